The van der Waals surface area contributed by atoms with E-state index in [0.29, 0.717) is 24.7 Å². The Morgan fingerprint density at radius 1 is 1.30 bits per heavy atom. The zero-order valence-corrected chi connectivity index (χ0v) is 14.4. The van der Waals surface area contributed by atoms with E-state index in [4.69, 9.17) is 0 Å². The number of halogens is 1. The largest absolute Gasteiger partial charge is 0.337 e. The molecular formula is C18H28FN3O. The van der Waals surface area contributed by atoms with E-state index in [1.807, 2.05) is 30.0 Å². The highest BCUT2D eigenvalue weighted by atomic mass is 19.1. The van der Waals surface area contributed by atoms with Crippen molar-refractivity contribution in [3.8, 4) is 0 Å². The van der Waals surface area contributed by atoms with Crippen LogP contribution in [0.2, 0.25) is 0 Å². The fourth-order valence-electron chi connectivity index (χ4n) is 3.03. The van der Waals surface area contributed by atoms with E-state index in [1.54, 1.807) is 12.1 Å². The summed E-state index contributed by atoms with van der Waals surface area (Å²) in [6.45, 7) is 4.73. The Bertz CT molecular complexity index is 521. The van der Waals surface area contributed by atoms with Gasteiger partial charge in [0.15, 0.2) is 0 Å². The van der Waals surface area contributed by atoms with Crippen LogP contribution < -0.4 is 5.32 Å². The van der Waals surface area contributed by atoms with Gasteiger partial charge in [0, 0.05) is 37.2 Å². The summed E-state index contributed by atoms with van der Waals surface area (Å²) in [5.41, 5.74) is 0.585. The van der Waals surface area contributed by atoms with Crippen molar-refractivity contribution in [3.05, 3.63) is 35.6 Å². The molecule has 0 aromatic heterocycles. The van der Waals surface area contributed by atoms with Crippen molar-refractivity contribution in [2.75, 3.05) is 33.7 Å². The highest BCUT2D eigenvalue weighted by Gasteiger charge is 2.28. The Morgan fingerprint density at radius 2 is 2.04 bits per heavy atom. The molecule has 1 fully saturated rings. The molecule has 1 aromatic carbocycles. The van der Waals surface area contributed by atoms with Crippen molar-refractivity contribution in [3.63, 3.8) is 0 Å². The van der Waals surface area contributed by atoms with Crippen LogP contribution in [0.5, 0.6) is 0 Å². The van der Waals surface area contributed by atoms with Gasteiger partial charge in [-0.15, -0.1) is 0 Å². The molecule has 23 heavy (non-hydrogen) atoms. The summed E-state index contributed by atoms with van der Waals surface area (Å²) >= 11 is 0. The van der Waals surface area contributed by atoms with Crippen LogP contribution in [0, 0.1) is 11.7 Å². The van der Waals surface area contributed by atoms with Crippen LogP contribution in [0.3, 0.4) is 0 Å². The molecule has 2 atom stereocenters. The molecule has 0 saturated carbocycles. The molecule has 2 rings (SSSR count). The fraction of sp³-hybridized carbons (Fsp3) is 0.611. The Kier molecular flexibility index (Phi) is 6.54. The second-order valence-electron chi connectivity index (χ2n) is 6.73. The van der Waals surface area contributed by atoms with E-state index in [-0.39, 0.29) is 17.6 Å². The number of carbonyl (C=O) groups is 1. The maximum atomic E-state index is 14.0. The van der Waals surface area contributed by atoms with E-state index in [0.717, 1.165) is 25.9 Å². The molecule has 0 unspecified atom stereocenters. The van der Waals surface area contributed by atoms with Crippen molar-refractivity contribution >= 4 is 5.91 Å². The van der Waals surface area contributed by atoms with Crippen LogP contribution >= 0.6 is 0 Å². The summed E-state index contributed by atoms with van der Waals surface area (Å²) in [5.74, 6) is -0.0440. The van der Waals surface area contributed by atoms with E-state index in [9.17, 15) is 9.18 Å². The Balaban J connectivity index is 2.09. The van der Waals surface area contributed by atoms with Crippen LogP contribution in [0.1, 0.15) is 25.3 Å². The summed E-state index contributed by atoms with van der Waals surface area (Å²) in [6.07, 6.45) is 1.72. The first-order chi connectivity index (χ1) is 11.0. The summed E-state index contributed by atoms with van der Waals surface area (Å²) in [6, 6.07) is 7.08. The van der Waals surface area contributed by atoms with Gasteiger partial charge in [-0.25, -0.2) is 4.39 Å². The van der Waals surface area contributed by atoms with Gasteiger partial charge in [0.1, 0.15) is 5.82 Å². The number of benzene rings is 1. The Morgan fingerprint density at radius 3 is 2.70 bits per heavy atom. The lowest BCUT2D eigenvalue weighted by atomic mass is 9.92. The molecule has 0 aliphatic carbocycles. The van der Waals surface area contributed by atoms with Crippen LogP contribution in [0.25, 0.3) is 0 Å². The molecule has 0 radical (unpaired) electrons. The smallest absolute Gasteiger partial charge is 0.226 e. The van der Waals surface area contributed by atoms with Crippen LogP contribution in [0.4, 0.5) is 4.39 Å². The maximum absolute atomic E-state index is 14.0. The molecule has 1 aromatic rings. The van der Waals surface area contributed by atoms with Crippen LogP contribution in [-0.2, 0) is 11.3 Å². The number of piperidine rings is 1. The quantitative estimate of drug-likeness (QED) is 0.872. The minimum atomic E-state index is -0.242. The van der Waals surface area contributed by atoms with Crippen molar-refractivity contribution in [2.45, 2.75) is 32.4 Å². The average Bonchev–Trinajstić information content (AvgIpc) is 2.52. The second kappa shape index (κ2) is 8.41. The monoisotopic (exact) mass is 321 g/mol. The third-order valence-electron chi connectivity index (χ3n) is 4.42. The van der Waals surface area contributed by atoms with Gasteiger partial charge in [0.2, 0.25) is 5.91 Å². The number of carbonyl (C=O) groups excluding carboxylic acids is 1. The fourth-order valence-corrected chi connectivity index (χ4v) is 3.03. The molecular weight excluding hydrogens is 293 g/mol. The first-order valence-corrected chi connectivity index (χ1v) is 8.37. The van der Waals surface area contributed by atoms with Gasteiger partial charge in [-0.05, 0) is 46.5 Å². The van der Waals surface area contributed by atoms with Gasteiger partial charge in [0.25, 0.3) is 0 Å². The molecule has 0 bridgehead atoms. The molecule has 1 aliphatic rings. The number of nitrogens with one attached hydrogen (secondary N) is 1. The lowest BCUT2D eigenvalue weighted by Crippen LogP contribution is -2.45. The molecule has 1 amide bonds. The summed E-state index contributed by atoms with van der Waals surface area (Å²) in [5, 5.41) is 3.38. The van der Waals surface area contributed by atoms with E-state index in [1.165, 1.54) is 6.07 Å². The molecule has 5 heteroatoms. The number of rotatable bonds is 6. The molecule has 0 spiro atoms. The zero-order chi connectivity index (χ0) is 16.8. The average molecular weight is 321 g/mol. The topological polar surface area (TPSA) is 35.6 Å². The minimum absolute atomic E-state index is 0.0418. The van der Waals surface area contributed by atoms with Crippen LogP contribution in [0.15, 0.2) is 24.3 Å². The number of nitrogens with zero attached hydrogens (tertiary/aromatic N) is 2. The lowest BCUT2D eigenvalue weighted by molar-refractivity contribution is -0.137. The Labute approximate surface area is 138 Å². The zero-order valence-electron chi connectivity index (χ0n) is 14.4. The second-order valence-corrected chi connectivity index (χ2v) is 6.73. The van der Waals surface area contributed by atoms with Gasteiger partial charge in [0.05, 0.1) is 0 Å². The maximum Gasteiger partial charge on any atom is 0.226 e. The first kappa shape index (κ1) is 17.9. The molecule has 128 valence electrons. The van der Waals surface area contributed by atoms with Gasteiger partial charge in [-0.1, -0.05) is 18.2 Å². The number of hydrogen-bond donors (Lipinski definition) is 1. The molecule has 1 saturated heterocycles. The highest BCUT2D eigenvalue weighted by Crippen LogP contribution is 2.20. The standard InChI is InChI=1S/C18H28FN3O/c1-14-12-15(8-9-20-14)18(23)22(11-10-21(2)3)13-16-6-4-5-7-17(16)19/h4-7,14-15,20H,8-13H2,1-3H3/t14-,15-/m0/s1. The summed E-state index contributed by atoms with van der Waals surface area (Å²) in [7, 11) is 3.97. The Hall–Kier alpha value is -1.46. The third kappa shape index (κ3) is 5.29. The van der Waals surface area contributed by atoms with E-state index in [2.05, 4.69) is 12.2 Å². The molecule has 1 heterocycles. The van der Waals surface area contributed by atoms with E-state index >= 15 is 0 Å². The molecule has 1 aliphatic heterocycles. The highest BCUT2D eigenvalue weighted by molar-refractivity contribution is 5.79. The minimum Gasteiger partial charge on any atom is -0.337 e. The normalized spacial score (nSPS) is 21.4. The predicted molar refractivity (Wildman–Crippen MR) is 90.6 cm³/mol. The number of likely N-dealkylation sites (N-methyl/N-ethyl adjacent to an activating group) is 1. The number of amides is 1. The third-order valence-corrected chi connectivity index (χ3v) is 4.42. The first-order valence-electron chi connectivity index (χ1n) is 8.37. The predicted octanol–water partition coefficient (Wildman–Crippen LogP) is 2.10. The van der Waals surface area contributed by atoms with Crippen molar-refractivity contribution in [1.82, 2.24) is 15.1 Å². The van der Waals surface area contributed by atoms with Crippen LogP contribution in [-0.4, -0.2) is 55.5 Å². The summed E-state index contributed by atoms with van der Waals surface area (Å²) < 4.78 is 14.0. The molecule has 4 nitrogen and oxygen atoms in total. The van der Waals surface area contributed by atoms with E-state index < -0.39 is 0 Å². The SMILES string of the molecule is C[C@H]1C[C@@H](C(=O)N(CCN(C)C)Cc2ccccc2F)CCN1. The van der Waals surface area contributed by atoms with Gasteiger partial charge >= 0.3 is 0 Å². The number of hydrogen-bond acceptors (Lipinski definition) is 3. The van der Waals surface area contributed by atoms with Crippen molar-refractivity contribution in [2.24, 2.45) is 5.92 Å². The van der Waals surface area contributed by atoms with Gasteiger partial charge < -0.3 is 15.1 Å². The van der Waals surface area contributed by atoms with Gasteiger partial charge in [-0.3, -0.25) is 4.79 Å². The van der Waals surface area contributed by atoms with Crippen molar-refractivity contribution < 1.29 is 9.18 Å². The summed E-state index contributed by atoms with van der Waals surface area (Å²) in [4.78, 5) is 16.8. The van der Waals surface area contributed by atoms with Gasteiger partial charge in [-0.2, -0.15) is 0 Å². The van der Waals surface area contributed by atoms with Crippen molar-refractivity contribution in [1.29, 1.82) is 0 Å². The lowest BCUT2D eigenvalue weighted by Gasteiger charge is -2.33. The molecule has 1 N–H and O–H groups in total.